The monoisotopic (exact) mass is 402 g/mol. The molecule has 8 heteroatoms. The third-order valence-electron chi connectivity index (χ3n) is 2.55. The maximum Gasteiger partial charge on any atom is 0.200 e. The summed E-state index contributed by atoms with van der Waals surface area (Å²) < 4.78 is 31.6. The van der Waals surface area contributed by atoms with E-state index in [2.05, 4.69) is 0 Å². The standard InChI is InChI=1S/C12H19IO7/c1-15-5-18-9-4-8(13)10(14)12(20-7-17-3)11(9)19-6-16-2/h4,9,11-12H,5-7H2,1-3H3/t9-,11-,12-/m0/s1. The lowest BCUT2D eigenvalue weighted by Gasteiger charge is -2.34. The van der Waals surface area contributed by atoms with Crippen LogP contribution in [0, 0.1) is 0 Å². The summed E-state index contributed by atoms with van der Waals surface area (Å²) >= 11 is 1.95. The molecule has 0 bridgehead atoms. The number of rotatable bonds is 9. The van der Waals surface area contributed by atoms with Crippen LogP contribution < -0.4 is 0 Å². The smallest absolute Gasteiger partial charge is 0.200 e. The van der Waals surface area contributed by atoms with Crippen molar-refractivity contribution in [3.8, 4) is 0 Å². The molecule has 116 valence electrons. The zero-order valence-electron chi connectivity index (χ0n) is 11.7. The molecule has 0 fully saturated rings. The van der Waals surface area contributed by atoms with E-state index in [0.717, 1.165) is 0 Å². The van der Waals surface area contributed by atoms with Gasteiger partial charge in [-0.2, -0.15) is 0 Å². The van der Waals surface area contributed by atoms with Gasteiger partial charge in [-0.15, -0.1) is 0 Å². The minimum absolute atomic E-state index is 0.00976. The fourth-order valence-electron chi connectivity index (χ4n) is 1.71. The van der Waals surface area contributed by atoms with Crippen LogP contribution in [0.15, 0.2) is 9.66 Å². The van der Waals surface area contributed by atoms with Crippen molar-refractivity contribution in [3.63, 3.8) is 0 Å². The van der Waals surface area contributed by atoms with Gasteiger partial charge in [-0.25, -0.2) is 0 Å². The van der Waals surface area contributed by atoms with Crippen LogP contribution in [0.25, 0.3) is 0 Å². The average molecular weight is 402 g/mol. The van der Waals surface area contributed by atoms with E-state index in [4.69, 9.17) is 28.4 Å². The molecule has 0 heterocycles. The fraction of sp³-hybridized carbons (Fsp3) is 0.750. The maximum absolute atomic E-state index is 12.2. The van der Waals surface area contributed by atoms with Crippen molar-refractivity contribution >= 4 is 28.4 Å². The highest BCUT2D eigenvalue weighted by molar-refractivity contribution is 14.1. The van der Waals surface area contributed by atoms with Crippen molar-refractivity contribution in [1.29, 1.82) is 0 Å². The van der Waals surface area contributed by atoms with Crippen LogP contribution in [-0.2, 0) is 33.2 Å². The SMILES string of the molecule is COCO[C@H]1[C@@H](OCOC)C=C(I)C(=O)[C@@H]1OCOC. The quantitative estimate of drug-likeness (QED) is 0.419. The van der Waals surface area contributed by atoms with Gasteiger partial charge in [-0.3, -0.25) is 4.79 Å². The first kappa shape index (κ1) is 18.0. The Hall–Kier alpha value is -0.100. The van der Waals surface area contributed by atoms with E-state index in [9.17, 15) is 4.79 Å². The van der Waals surface area contributed by atoms with E-state index in [1.807, 2.05) is 22.6 Å². The van der Waals surface area contributed by atoms with Crippen LogP contribution >= 0.6 is 22.6 Å². The molecule has 7 nitrogen and oxygen atoms in total. The highest BCUT2D eigenvalue weighted by Gasteiger charge is 2.41. The molecule has 0 aromatic heterocycles. The number of ketones is 1. The molecule has 0 saturated heterocycles. The van der Waals surface area contributed by atoms with Gasteiger partial charge in [0.05, 0.1) is 3.58 Å². The van der Waals surface area contributed by atoms with E-state index < -0.39 is 18.3 Å². The first-order valence-corrected chi connectivity index (χ1v) is 6.96. The summed E-state index contributed by atoms with van der Waals surface area (Å²) in [4.78, 5) is 12.2. The van der Waals surface area contributed by atoms with Crippen molar-refractivity contribution in [3.05, 3.63) is 9.66 Å². The number of carbonyl (C=O) groups excluding carboxylic acids is 1. The molecule has 1 aliphatic rings. The highest BCUT2D eigenvalue weighted by atomic mass is 127. The van der Waals surface area contributed by atoms with E-state index in [0.29, 0.717) is 3.58 Å². The van der Waals surface area contributed by atoms with Gasteiger partial charge in [-0.05, 0) is 28.7 Å². The highest BCUT2D eigenvalue weighted by Crippen LogP contribution is 2.27. The minimum Gasteiger partial charge on any atom is -0.359 e. The zero-order chi connectivity index (χ0) is 15.0. The van der Waals surface area contributed by atoms with Crippen LogP contribution in [0.3, 0.4) is 0 Å². The van der Waals surface area contributed by atoms with Gasteiger partial charge in [0, 0.05) is 21.3 Å². The van der Waals surface area contributed by atoms with Crippen LogP contribution in [0.2, 0.25) is 0 Å². The Balaban J connectivity index is 2.85. The largest absolute Gasteiger partial charge is 0.359 e. The molecule has 0 unspecified atom stereocenters. The van der Waals surface area contributed by atoms with Crippen molar-refractivity contribution in [2.45, 2.75) is 18.3 Å². The Morgan fingerprint density at radius 1 is 1.00 bits per heavy atom. The minimum atomic E-state index is -0.802. The Morgan fingerprint density at radius 2 is 1.55 bits per heavy atom. The Bertz CT molecular complexity index is 334. The van der Waals surface area contributed by atoms with Crippen molar-refractivity contribution in [2.24, 2.45) is 0 Å². The van der Waals surface area contributed by atoms with Gasteiger partial charge in [0.2, 0.25) is 0 Å². The summed E-state index contributed by atoms with van der Waals surface area (Å²) in [5.41, 5.74) is 0. The second-order valence-corrected chi connectivity index (χ2v) is 5.11. The summed E-state index contributed by atoms with van der Waals surface area (Å²) in [6, 6.07) is 0. The number of halogens is 1. The molecule has 0 aromatic carbocycles. The average Bonchev–Trinajstić information content (AvgIpc) is 2.45. The van der Waals surface area contributed by atoms with Gasteiger partial charge in [0.1, 0.15) is 32.6 Å². The van der Waals surface area contributed by atoms with Crippen LogP contribution in [0.5, 0.6) is 0 Å². The number of methoxy groups -OCH3 is 3. The fourth-order valence-corrected chi connectivity index (χ4v) is 2.37. The van der Waals surface area contributed by atoms with Crippen molar-refractivity contribution in [1.82, 2.24) is 0 Å². The molecule has 0 spiro atoms. The molecule has 20 heavy (non-hydrogen) atoms. The predicted molar refractivity (Wildman–Crippen MR) is 77.4 cm³/mol. The van der Waals surface area contributed by atoms with Gasteiger partial charge < -0.3 is 28.4 Å². The number of ether oxygens (including phenoxy) is 6. The molecule has 3 atom stereocenters. The summed E-state index contributed by atoms with van der Waals surface area (Å²) in [5, 5.41) is 0. The van der Waals surface area contributed by atoms with Gasteiger partial charge in [0.25, 0.3) is 0 Å². The Kier molecular flexibility index (Phi) is 8.77. The molecule has 0 amide bonds. The second kappa shape index (κ2) is 9.77. The summed E-state index contributed by atoms with van der Waals surface area (Å²) in [6.07, 6.45) is -0.193. The molecule has 0 saturated carbocycles. The summed E-state index contributed by atoms with van der Waals surface area (Å²) in [6.45, 7) is 0.106. The van der Waals surface area contributed by atoms with Crippen LogP contribution in [0.1, 0.15) is 0 Å². The number of hydrogen-bond donors (Lipinski definition) is 0. The number of hydrogen-bond acceptors (Lipinski definition) is 7. The van der Waals surface area contributed by atoms with Crippen molar-refractivity contribution in [2.75, 3.05) is 41.7 Å². The van der Waals surface area contributed by atoms with Gasteiger partial charge >= 0.3 is 0 Å². The molecular formula is C12H19IO7. The van der Waals surface area contributed by atoms with Crippen LogP contribution in [0.4, 0.5) is 0 Å². The van der Waals surface area contributed by atoms with E-state index in [-0.39, 0.29) is 26.2 Å². The topological polar surface area (TPSA) is 72.5 Å². The third-order valence-corrected chi connectivity index (χ3v) is 3.44. The maximum atomic E-state index is 12.2. The van der Waals surface area contributed by atoms with E-state index in [1.54, 1.807) is 6.08 Å². The molecule has 0 N–H and O–H groups in total. The summed E-state index contributed by atoms with van der Waals surface area (Å²) in [5.74, 6) is -0.166. The zero-order valence-corrected chi connectivity index (χ0v) is 13.8. The molecule has 0 radical (unpaired) electrons. The number of carbonyl (C=O) groups is 1. The first-order chi connectivity index (χ1) is 9.65. The lowest BCUT2D eigenvalue weighted by molar-refractivity contribution is -0.200. The predicted octanol–water partition coefficient (Wildman–Crippen LogP) is 0.855. The third kappa shape index (κ3) is 5.02. The normalized spacial score (nSPS) is 26.7. The van der Waals surface area contributed by atoms with Gasteiger partial charge in [-0.1, -0.05) is 0 Å². The Morgan fingerprint density at radius 3 is 2.15 bits per heavy atom. The lowest BCUT2D eigenvalue weighted by Crippen LogP contribution is -2.50. The number of Topliss-reactive ketones (excluding diaryl/α,β-unsaturated/α-hetero) is 1. The molecule has 0 aliphatic heterocycles. The Labute approximate surface area is 131 Å². The molecule has 1 aliphatic carbocycles. The first-order valence-electron chi connectivity index (χ1n) is 5.88. The molecular weight excluding hydrogens is 383 g/mol. The van der Waals surface area contributed by atoms with Gasteiger partial charge in [0.15, 0.2) is 11.9 Å². The van der Waals surface area contributed by atoms with Crippen LogP contribution in [-0.4, -0.2) is 65.8 Å². The second-order valence-electron chi connectivity index (χ2n) is 3.95. The summed E-state index contributed by atoms with van der Waals surface area (Å²) in [7, 11) is 4.50. The lowest BCUT2D eigenvalue weighted by atomic mass is 9.97. The van der Waals surface area contributed by atoms with E-state index in [1.165, 1.54) is 21.3 Å². The van der Waals surface area contributed by atoms with Crippen molar-refractivity contribution < 1.29 is 33.2 Å². The molecule has 1 rings (SSSR count). The molecule has 0 aromatic rings. The van der Waals surface area contributed by atoms with E-state index >= 15 is 0 Å².